The molecule has 1 aromatic carbocycles. The molecule has 1 aromatic rings. The van der Waals surface area contributed by atoms with Crippen molar-refractivity contribution in [3.05, 3.63) is 35.9 Å². The molecule has 5 heteroatoms. The molecular formula is C15H18N2O3. The summed E-state index contributed by atoms with van der Waals surface area (Å²) < 4.78 is 5.05. The Morgan fingerprint density at radius 1 is 1.40 bits per heavy atom. The molecule has 1 aliphatic carbocycles. The first-order valence-corrected chi connectivity index (χ1v) is 6.83. The molecule has 2 N–H and O–H groups in total. The normalized spacial score (nSPS) is 25.2. The SMILES string of the molecule is CC1(C(N)C(=O)N2C(=O)OCC2c2ccccc2)CC1. The van der Waals surface area contributed by atoms with Crippen molar-refractivity contribution >= 4 is 12.0 Å². The number of amides is 2. The minimum Gasteiger partial charge on any atom is -0.446 e. The molecular weight excluding hydrogens is 256 g/mol. The van der Waals surface area contributed by atoms with E-state index in [9.17, 15) is 9.59 Å². The topological polar surface area (TPSA) is 72.6 Å². The lowest BCUT2D eigenvalue weighted by Crippen LogP contribution is -2.49. The maximum atomic E-state index is 12.5. The molecule has 1 saturated carbocycles. The lowest BCUT2D eigenvalue weighted by Gasteiger charge is -2.26. The van der Waals surface area contributed by atoms with Gasteiger partial charge in [0.25, 0.3) is 0 Å². The maximum absolute atomic E-state index is 12.5. The Kier molecular flexibility index (Phi) is 3.01. The van der Waals surface area contributed by atoms with Gasteiger partial charge in [0.05, 0.1) is 6.04 Å². The van der Waals surface area contributed by atoms with Crippen LogP contribution in [0.5, 0.6) is 0 Å². The van der Waals surface area contributed by atoms with Gasteiger partial charge in [-0.05, 0) is 23.8 Å². The van der Waals surface area contributed by atoms with Crippen LogP contribution in [-0.4, -0.2) is 29.5 Å². The quantitative estimate of drug-likeness (QED) is 0.912. The zero-order chi connectivity index (χ0) is 14.3. The minimum atomic E-state index is -0.639. The summed E-state index contributed by atoms with van der Waals surface area (Å²) in [4.78, 5) is 25.6. The van der Waals surface area contributed by atoms with E-state index in [0.717, 1.165) is 18.4 Å². The summed E-state index contributed by atoms with van der Waals surface area (Å²) in [5.41, 5.74) is 6.76. The molecule has 2 unspecified atom stereocenters. The van der Waals surface area contributed by atoms with Gasteiger partial charge in [0.2, 0.25) is 5.91 Å². The van der Waals surface area contributed by atoms with E-state index < -0.39 is 12.1 Å². The first kappa shape index (κ1) is 13.1. The average Bonchev–Trinajstić information content (AvgIpc) is 3.10. The Balaban J connectivity index is 1.85. The number of carbonyl (C=O) groups is 2. The Bertz CT molecular complexity index is 539. The third-order valence-corrected chi connectivity index (χ3v) is 4.35. The van der Waals surface area contributed by atoms with E-state index in [4.69, 9.17) is 10.5 Å². The fourth-order valence-electron chi connectivity index (χ4n) is 2.54. The smallest absolute Gasteiger partial charge is 0.417 e. The summed E-state index contributed by atoms with van der Waals surface area (Å²) in [5, 5.41) is 0. The van der Waals surface area contributed by atoms with Crippen molar-refractivity contribution in [1.82, 2.24) is 4.90 Å². The van der Waals surface area contributed by atoms with Crippen molar-refractivity contribution in [2.45, 2.75) is 31.8 Å². The highest BCUT2D eigenvalue weighted by Crippen LogP contribution is 2.48. The zero-order valence-corrected chi connectivity index (χ0v) is 11.4. The van der Waals surface area contributed by atoms with Crippen LogP contribution in [0.1, 0.15) is 31.4 Å². The first-order valence-electron chi connectivity index (χ1n) is 6.83. The van der Waals surface area contributed by atoms with E-state index in [1.165, 1.54) is 4.90 Å². The molecule has 0 spiro atoms. The summed E-state index contributed by atoms with van der Waals surface area (Å²) >= 11 is 0. The van der Waals surface area contributed by atoms with Crippen LogP contribution in [-0.2, 0) is 9.53 Å². The van der Waals surface area contributed by atoms with Crippen molar-refractivity contribution in [3.63, 3.8) is 0 Å². The van der Waals surface area contributed by atoms with E-state index in [0.29, 0.717) is 0 Å². The largest absolute Gasteiger partial charge is 0.446 e. The number of nitrogens with two attached hydrogens (primary N) is 1. The van der Waals surface area contributed by atoms with E-state index in [-0.39, 0.29) is 24.0 Å². The summed E-state index contributed by atoms with van der Waals surface area (Å²) in [6.45, 7) is 2.17. The zero-order valence-electron chi connectivity index (χ0n) is 11.4. The molecule has 2 atom stereocenters. The van der Waals surface area contributed by atoms with Crippen molar-refractivity contribution in [2.75, 3.05) is 6.61 Å². The molecule has 0 aromatic heterocycles. The van der Waals surface area contributed by atoms with Gasteiger partial charge >= 0.3 is 6.09 Å². The Hall–Kier alpha value is -1.88. The number of benzene rings is 1. The highest BCUT2D eigenvalue weighted by molar-refractivity contribution is 5.97. The molecule has 1 saturated heterocycles. The van der Waals surface area contributed by atoms with Gasteiger partial charge in [-0.2, -0.15) is 0 Å². The summed E-state index contributed by atoms with van der Waals surface area (Å²) in [6.07, 6.45) is 1.26. The number of ether oxygens (including phenoxy) is 1. The predicted octanol–water partition coefficient (Wildman–Crippen LogP) is 1.83. The third-order valence-electron chi connectivity index (χ3n) is 4.35. The van der Waals surface area contributed by atoms with Gasteiger partial charge in [0.15, 0.2) is 0 Å². The number of carbonyl (C=O) groups excluding carboxylic acids is 2. The lowest BCUT2D eigenvalue weighted by molar-refractivity contribution is -0.132. The number of nitrogens with zero attached hydrogens (tertiary/aromatic N) is 1. The fourth-order valence-corrected chi connectivity index (χ4v) is 2.54. The van der Waals surface area contributed by atoms with Crippen LogP contribution in [0.25, 0.3) is 0 Å². The molecule has 1 aliphatic heterocycles. The second kappa shape index (κ2) is 4.59. The van der Waals surface area contributed by atoms with Gasteiger partial charge in [-0.3, -0.25) is 4.79 Å². The second-order valence-electron chi connectivity index (χ2n) is 5.84. The van der Waals surface area contributed by atoms with Gasteiger partial charge in [-0.25, -0.2) is 9.69 Å². The molecule has 0 bridgehead atoms. The Morgan fingerprint density at radius 3 is 2.65 bits per heavy atom. The molecule has 2 fully saturated rings. The van der Waals surface area contributed by atoms with E-state index in [1.807, 2.05) is 37.3 Å². The Labute approximate surface area is 117 Å². The average molecular weight is 274 g/mol. The number of cyclic esters (lactones) is 1. The van der Waals surface area contributed by atoms with Gasteiger partial charge in [-0.15, -0.1) is 0 Å². The maximum Gasteiger partial charge on any atom is 0.417 e. The predicted molar refractivity (Wildman–Crippen MR) is 72.7 cm³/mol. The van der Waals surface area contributed by atoms with Crippen LogP contribution in [0.3, 0.4) is 0 Å². The molecule has 1 heterocycles. The van der Waals surface area contributed by atoms with Gasteiger partial charge in [-0.1, -0.05) is 37.3 Å². The highest BCUT2D eigenvalue weighted by Gasteiger charge is 2.51. The molecule has 0 radical (unpaired) electrons. The van der Waals surface area contributed by atoms with Gasteiger partial charge in [0.1, 0.15) is 12.6 Å². The van der Waals surface area contributed by atoms with Crippen LogP contribution in [0.15, 0.2) is 30.3 Å². The highest BCUT2D eigenvalue weighted by atomic mass is 16.6. The number of rotatable bonds is 3. The van der Waals surface area contributed by atoms with E-state index in [1.54, 1.807) is 0 Å². The second-order valence-corrected chi connectivity index (χ2v) is 5.84. The van der Waals surface area contributed by atoms with Crippen LogP contribution in [0.4, 0.5) is 4.79 Å². The molecule has 20 heavy (non-hydrogen) atoms. The van der Waals surface area contributed by atoms with Crippen LogP contribution in [0, 0.1) is 5.41 Å². The van der Waals surface area contributed by atoms with Crippen molar-refractivity contribution in [3.8, 4) is 0 Å². The van der Waals surface area contributed by atoms with Crippen LogP contribution < -0.4 is 5.73 Å². The summed E-state index contributed by atoms with van der Waals surface area (Å²) in [7, 11) is 0. The van der Waals surface area contributed by atoms with Crippen molar-refractivity contribution < 1.29 is 14.3 Å². The molecule has 2 amide bonds. The monoisotopic (exact) mass is 274 g/mol. The molecule has 3 rings (SSSR count). The molecule has 2 aliphatic rings. The molecule has 106 valence electrons. The van der Waals surface area contributed by atoms with Gasteiger partial charge in [0, 0.05) is 0 Å². The van der Waals surface area contributed by atoms with Crippen LogP contribution >= 0.6 is 0 Å². The minimum absolute atomic E-state index is 0.165. The summed E-state index contributed by atoms with van der Waals surface area (Å²) in [5.74, 6) is -0.332. The lowest BCUT2D eigenvalue weighted by atomic mass is 9.97. The standard InChI is InChI=1S/C15H18N2O3/c1-15(7-8-15)12(16)13(18)17-11(9-20-14(17)19)10-5-3-2-4-6-10/h2-6,11-12H,7-9,16H2,1H3. The van der Waals surface area contributed by atoms with Crippen molar-refractivity contribution in [1.29, 1.82) is 0 Å². The third kappa shape index (κ3) is 2.08. The number of hydrogen-bond donors (Lipinski definition) is 1. The number of hydrogen-bond acceptors (Lipinski definition) is 4. The van der Waals surface area contributed by atoms with E-state index in [2.05, 4.69) is 0 Å². The fraction of sp³-hybridized carbons (Fsp3) is 0.467. The van der Waals surface area contributed by atoms with E-state index >= 15 is 0 Å². The summed E-state index contributed by atoms with van der Waals surface area (Å²) in [6, 6.07) is 8.41. The van der Waals surface area contributed by atoms with Crippen LogP contribution in [0.2, 0.25) is 0 Å². The first-order chi connectivity index (χ1) is 9.53. The van der Waals surface area contributed by atoms with Crippen molar-refractivity contribution in [2.24, 2.45) is 11.1 Å². The number of imide groups is 1. The van der Waals surface area contributed by atoms with Gasteiger partial charge < -0.3 is 10.5 Å². The Morgan fingerprint density at radius 2 is 2.05 bits per heavy atom. The molecule has 5 nitrogen and oxygen atoms in total.